The van der Waals surface area contributed by atoms with E-state index < -0.39 is 5.97 Å². The van der Waals surface area contributed by atoms with Crippen LogP contribution >= 0.6 is 0 Å². The minimum Gasteiger partial charge on any atom is -0.478 e. The van der Waals surface area contributed by atoms with Crippen molar-refractivity contribution in [2.45, 2.75) is 39.2 Å². The number of anilines is 1. The lowest BCUT2D eigenvalue weighted by Gasteiger charge is -2.32. The zero-order valence-electron chi connectivity index (χ0n) is 10.4. The van der Waals surface area contributed by atoms with Crippen molar-refractivity contribution >= 4 is 11.7 Å². The zero-order chi connectivity index (χ0) is 12.4. The Balaban J connectivity index is 2.17. The van der Waals surface area contributed by atoms with E-state index in [1.165, 1.54) is 19.3 Å². The lowest BCUT2D eigenvalue weighted by atomic mass is 9.80. The molecule has 1 saturated carbocycles. The van der Waals surface area contributed by atoms with Crippen molar-refractivity contribution in [2.75, 3.05) is 5.32 Å². The summed E-state index contributed by atoms with van der Waals surface area (Å²) in [4.78, 5) is 11.1. The van der Waals surface area contributed by atoms with Crippen LogP contribution in [-0.4, -0.2) is 17.1 Å². The van der Waals surface area contributed by atoms with Gasteiger partial charge >= 0.3 is 5.97 Å². The molecule has 1 aliphatic carbocycles. The van der Waals surface area contributed by atoms with E-state index in [0.29, 0.717) is 17.5 Å². The number of carboxylic acids is 1. The van der Waals surface area contributed by atoms with Crippen LogP contribution < -0.4 is 5.32 Å². The van der Waals surface area contributed by atoms with Crippen LogP contribution in [-0.2, 0) is 0 Å². The number of carboxylic acid groups (broad SMARTS) is 1. The molecule has 1 aromatic rings. The summed E-state index contributed by atoms with van der Waals surface area (Å²) in [6.45, 7) is 4.11. The number of rotatable bonds is 4. The molecule has 92 valence electrons. The molecule has 0 spiro atoms. The molecule has 0 amide bonds. The Bertz CT molecular complexity index is 424. The molecule has 0 bridgehead atoms. The number of hydrogen-bond acceptors (Lipinski definition) is 2. The summed E-state index contributed by atoms with van der Waals surface area (Å²) in [5, 5.41) is 12.5. The lowest BCUT2D eigenvalue weighted by molar-refractivity contribution is 0.0698. The first kappa shape index (κ1) is 12.0. The Kier molecular flexibility index (Phi) is 3.36. The smallest absolute Gasteiger partial charge is 0.337 e. The van der Waals surface area contributed by atoms with Gasteiger partial charge in [0.2, 0.25) is 0 Å². The molecule has 1 aromatic carbocycles. The fraction of sp³-hybridized carbons (Fsp3) is 0.500. The maximum absolute atomic E-state index is 11.1. The number of benzene rings is 1. The van der Waals surface area contributed by atoms with Crippen LogP contribution in [0.25, 0.3) is 0 Å². The maximum Gasteiger partial charge on any atom is 0.337 e. The monoisotopic (exact) mass is 233 g/mol. The third kappa shape index (κ3) is 2.60. The van der Waals surface area contributed by atoms with Crippen molar-refractivity contribution in [1.82, 2.24) is 0 Å². The van der Waals surface area contributed by atoms with Gasteiger partial charge in [0.1, 0.15) is 0 Å². The van der Waals surface area contributed by atoms with Crippen molar-refractivity contribution in [2.24, 2.45) is 5.92 Å². The van der Waals surface area contributed by atoms with E-state index in [9.17, 15) is 4.79 Å². The SMILES string of the molecule is Cc1ccc(C(=O)O)c(NC(C)C2CCC2)c1. The first-order valence-corrected chi connectivity index (χ1v) is 6.18. The summed E-state index contributed by atoms with van der Waals surface area (Å²) in [5.41, 5.74) is 2.19. The van der Waals surface area contributed by atoms with E-state index in [0.717, 1.165) is 11.3 Å². The molecule has 1 fully saturated rings. The van der Waals surface area contributed by atoms with Crippen molar-refractivity contribution < 1.29 is 9.90 Å². The Morgan fingerprint density at radius 1 is 1.47 bits per heavy atom. The third-order valence-electron chi connectivity index (χ3n) is 3.65. The summed E-state index contributed by atoms with van der Waals surface area (Å²) in [5.74, 6) is -0.175. The van der Waals surface area contributed by atoms with Gasteiger partial charge in [0, 0.05) is 11.7 Å². The van der Waals surface area contributed by atoms with E-state index >= 15 is 0 Å². The molecule has 1 atom stereocenters. The summed E-state index contributed by atoms with van der Waals surface area (Å²) < 4.78 is 0. The number of hydrogen-bond donors (Lipinski definition) is 2. The predicted molar refractivity (Wildman–Crippen MR) is 68.6 cm³/mol. The molecule has 0 aliphatic heterocycles. The number of aromatic carboxylic acids is 1. The topological polar surface area (TPSA) is 49.3 Å². The maximum atomic E-state index is 11.1. The van der Waals surface area contributed by atoms with Gasteiger partial charge in [-0.05, 0) is 50.3 Å². The largest absolute Gasteiger partial charge is 0.478 e. The normalized spacial score (nSPS) is 17.3. The van der Waals surface area contributed by atoms with Crippen molar-refractivity contribution in [3.05, 3.63) is 29.3 Å². The molecule has 0 radical (unpaired) electrons. The zero-order valence-corrected chi connectivity index (χ0v) is 10.4. The number of carbonyl (C=O) groups is 1. The van der Waals surface area contributed by atoms with Crippen LogP contribution in [0.3, 0.4) is 0 Å². The Hall–Kier alpha value is -1.51. The first-order valence-electron chi connectivity index (χ1n) is 6.18. The molecule has 0 saturated heterocycles. The fourth-order valence-corrected chi connectivity index (χ4v) is 2.27. The summed E-state index contributed by atoms with van der Waals surface area (Å²) >= 11 is 0. The van der Waals surface area contributed by atoms with E-state index in [4.69, 9.17) is 5.11 Å². The summed E-state index contributed by atoms with van der Waals surface area (Å²) in [7, 11) is 0. The van der Waals surface area contributed by atoms with Gasteiger partial charge in [0.05, 0.1) is 5.56 Å². The summed E-state index contributed by atoms with van der Waals surface area (Å²) in [6.07, 6.45) is 3.81. The lowest BCUT2D eigenvalue weighted by Crippen LogP contribution is -2.31. The second-order valence-electron chi connectivity index (χ2n) is 4.98. The molecule has 2 rings (SSSR count). The molecular formula is C14H19NO2. The molecule has 3 heteroatoms. The second kappa shape index (κ2) is 4.78. The van der Waals surface area contributed by atoms with Crippen LogP contribution in [0.5, 0.6) is 0 Å². The molecule has 2 N–H and O–H groups in total. The fourth-order valence-electron chi connectivity index (χ4n) is 2.27. The second-order valence-corrected chi connectivity index (χ2v) is 4.98. The average molecular weight is 233 g/mol. The highest BCUT2D eigenvalue weighted by molar-refractivity contribution is 5.94. The third-order valence-corrected chi connectivity index (χ3v) is 3.65. The van der Waals surface area contributed by atoms with Gasteiger partial charge in [-0.15, -0.1) is 0 Å². The molecule has 1 aliphatic rings. The van der Waals surface area contributed by atoms with Gasteiger partial charge in [-0.2, -0.15) is 0 Å². The van der Waals surface area contributed by atoms with E-state index in [2.05, 4.69) is 12.2 Å². The van der Waals surface area contributed by atoms with E-state index in [1.54, 1.807) is 6.07 Å². The summed E-state index contributed by atoms with van der Waals surface area (Å²) in [6, 6.07) is 5.78. The van der Waals surface area contributed by atoms with Crippen molar-refractivity contribution in [1.29, 1.82) is 0 Å². The Labute approximate surface area is 102 Å². The number of aryl methyl sites for hydroxylation is 1. The molecule has 17 heavy (non-hydrogen) atoms. The van der Waals surface area contributed by atoms with Gasteiger partial charge in [0.25, 0.3) is 0 Å². The van der Waals surface area contributed by atoms with Crippen LogP contribution in [0.4, 0.5) is 5.69 Å². The van der Waals surface area contributed by atoms with E-state index in [1.807, 2.05) is 19.1 Å². The van der Waals surface area contributed by atoms with Gasteiger partial charge in [-0.3, -0.25) is 0 Å². The van der Waals surface area contributed by atoms with Crippen molar-refractivity contribution in [3.63, 3.8) is 0 Å². The van der Waals surface area contributed by atoms with Crippen LogP contribution in [0, 0.1) is 12.8 Å². The van der Waals surface area contributed by atoms with Gasteiger partial charge in [-0.25, -0.2) is 4.79 Å². The molecule has 3 nitrogen and oxygen atoms in total. The first-order chi connectivity index (χ1) is 8.08. The molecular weight excluding hydrogens is 214 g/mol. The Morgan fingerprint density at radius 3 is 2.71 bits per heavy atom. The highest BCUT2D eigenvalue weighted by Gasteiger charge is 2.24. The minimum atomic E-state index is -0.867. The van der Waals surface area contributed by atoms with Crippen LogP contribution in [0.2, 0.25) is 0 Å². The predicted octanol–water partition coefficient (Wildman–Crippen LogP) is 3.29. The average Bonchev–Trinajstić information content (AvgIpc) is 2.13. The van der Waals surface area contributed by atoms with Gasteiger partial charge < -0.3 is 10.4 Å². The highest BCUT2D eigenvalue weighted by atomic mass is 16.4. The highest BCUT2D eigenvalue weighted by Crippen LogP contribution is 2.31. The Morgan fingerprint density at radius 2 is 2.18 bits per heavy atom. The van der Waals surface area contributed by atoms with Crippen LogP contribution in [0.15, 0.2) is 18.2 Å². The van der Waals surface area contributed by atoms with Gasteiger partial charge in [-0.1, -0.05) is 12.5 Å². The van der Waals surface area contributed by atoms with Crippen LogP contribution in [0.1, 0.15) is 42.1 Å². The number of nitrogens with one attached hydrogen (secondary N) is 1. The minimum absolute atomic E-state index is 0.351. The molecule has 0 aromatic heterocycles. The quantitative estimate of drug-likeness (QED) is 0.839. The van der Waals surface area contributed by atoms with E-state index in [-0.39, 0.29) is 0 Å². The molecule has 0 heterocycles. The molecule has 1 unspecified atom stereocenters. The van der Waals surface area contributed by atoms with Gasteiger partial charge in [0.15, 0.2) is 0 Å². The van der Waals surface area contributed by atoms with Crippen molar-refractivity contribution in [3.8, 4) is 0 Å². The standard InChI is InChI=1S/C14H19NO2/c1-9-6-7-12(14(16)17)13(8-9)15-10(2)11-4-3-5-11/h6-8,10-11,15H,3-5H2,1-2H3,(H,16,17).